The summed E-state index contributed by atoms with van der Waals surface area (Å²) in [4.78, 5) is 49.2. The Hall–Kier alpha value is -2.79. The van der Waals surface area contributed by atoms with Gasteiger partial charge in [0, 0.05) is 12.2 Å². The molecule has 11 heteroatoms. The molecule has 3 amide bonds. The number of carbonyl (C=O) groups excluding carboxylic acids is 3. The topological polar surface area (TPSA) is 171 Å². The highest BCUT2D eigenvalue weighted by Crippen LogP contribution is 2.13. The molecule has 0 aliphatic heterocycles. The highest BCUT2D eigenvalue weighted by Gasteiger charge is 2.32. The summed E-state index contributed by atoms with van der Waals surface area (Å²) in [6.45, 7) is 5.13. The summed E-state index contributed by atoms with van der Waals surface area (Å²) in [6.07, 6.45) is 0.609. The largest absolute Gasteiger partial charge is 0.508 e. The van der Waals surface area contributed by atoms with E-state index < -0.39 is 47.9 Å². The van der Waals surface area contributed by atoms with Crippen LogP contribution in [0.1, 0.15) is 32.8 Å². The third-order valence-corrected chi connectivity index (χ3v) is 5.38. The van der Waals surface area contributed by atoms with Gasteiger partial charge in [-0.05, 0) is 30.5 Å². The van der Waals surface area contributed by atoms with Crippen molar-refractivity contribution in [2.24, 2.45) is 11.7 Å². The molecule has 0 saturated carbocycles. The Labute approximate surface area is 192 Å². The van der Waals surface area contributed by atoms with E-state index in [1.165, 1.54) is 19.1 Å². The lowest BCUT2D eigenvalue weighted by atomic mass is 9.96. The Bertz CT molecular complexity index is 802. The van der Waals surface area contributed by atoms with Crippen molar-refractivity contribution >= 4 is 36.3 Å². The Morgan fingerprint density at radius 2 is 1.53 bits per heavy atom. The molecule has 0 aromatic heterocycles. The molecule has 5 atom stereocenters. The quantitative estimate of drug-likeness (QED) is 0.208. The molecule has 1 aromatic rings. The van der Waals surface area contributed by atoms with Crippen molar-refractivity contribution in [3.8, 4) is 5.75 Å². The second-order valence-corrected chi connectivity index (χ2v) is 8.04. The average molecular weight is 469 g/mol. The van der Waals surface area contributed by atoms with E-state index in [4.69, 9.17) is 5.73 Å². The van der Waals surface area contributed by atoms with Crippen LogP contribution in [-0.4, -0.2) is 63.8 Å². The molecule has 32 heavy (non-hydrogen) atoms. The Morgan fingerprint density at radius 1 is 0.969 bits per heavy atom. The van der Waals surface area contributed by atoms with Crippen molar-refractivity contribution in [1.29, 1.82) is 0 Å². The van der Waals surface area contributed by atoms with Crippen molar-refractivity contribution in [1.82, 2.24) is 16.0 Å². The van der Waals surface area contributed by atoms with Crippen molar-refractivity contribution in [2.45, 2.75) is 57.8 Å². The third-order valence-electron chi connectivity index (χ3n) is 5.01. The molecular formula is C21H32N4O6S. The molecule has 0 heterocycles. The molecular weight excluding hydrogens is 436 g/mol. The lowest BCUT2D eigenvalue weighted by Crippen LogP contribution is -2.59. The van der Waals surface area contributed by atoms with Gasteiger partial charge in [0.25, 0.3) is 0 Å². The van der Waals surface area contributed by atoms with E-state index in [0.29, 0.717) is 12.0 Å². The maximum Gasteiger partial charge on any atom is 0.327 e. The van der Waals surface area contributed by atoms with Crippen molar-refractivity contribution in [3.63, 3.8) is 0 Å². The molecule has 0 fully saturated rings. The first kappa shape index (κ1) is 27.2. The molecule has 1 rings (SSSR count). The highest BCUT2D eigenvalue weighted by molar-refractivity contribution is 7.80. The summed E-state index contributed by atoms with van der Waals surface area (Å²) in [5.74, 6) is -3.43. The van der Waals surface area contributed by atoms with Gasteiger partial charge >= 0.3 is 5.97 Å². The van der Waals surface area contributed by atoms with Crippen molar-refractivity contribution in [2.75, 3.05) is 5.75 Å². The summed E-state index contributed by atoms with van der Waals surface area (Å²) >= 11 is 3.94. The summed E-state index contributed by atoms with van der Waals surface area (Å²) < 4.78 is 0. The van der Waals surface area contributed by atoms with Crippen LogP contribution in [-0.2, 0) is 25.6 Å². The number of aromatic hydroxyl groups is 1. The number of thiol groups is 1. The first-order valence-electron chi connectivity index (χ1n) is 10.3. The molecule has 0 bridgehead atoms. The van der Waals surface area contributed by atoms with Crippen LogP contribution in [0.3, 0.4) is 0 Å². The van der Waals surface area contributed by atoms with Crippen LogP contribution >= 0.6 is 12.6 Å². The molecule has 1 aromatic carbocycles. The number of nitrogens with one attached hydrogen (secondary N) is 3. The van der Waals surface area contributed by atoms with Gasteiger partial charge < -0.3 is 31.9 Å². The normalized spacial score (nSPS) is 15.5. The molecule has 0 saturated heterocycles. The van der Waals surface area contributed by atoms with Gasteiger partial charge in [-0.1, -0.05) is 32.4 Å². The van der Waals surface area contributed by atoms with E-state index >= 15 is 0 Å². The monoisotopic (exact) mass is 468 g/mol. The number of aliphatic carboxylic acids is 1. The Balaban J connectivity index is 3.13. The number of rotatable bonds is 12. The van der Waals surface area contributed by atoms with E-state index in [9.17, 15) is 29.4 Å². The fourth-order valence-corrected chi connectivity index (χ4v) is 3.03. The summed E-state index contributed by atoms with van der Waals surface area (Å²) in [6, 6.07) is 1.90. The molecule has 178 valence electrons. The second-order valence-electron chi connectivity index (χ2n) is 7.67. The predicted molar refractivity (Wildman–Crippen MR) is 122 cm³/mol. The third kappa shape index (κ3) is 8.39. The number of carboxylic acid groups (broad SMARTS) is 1. The van der Waals surface area contributed by atoms with Crippen LogP contribution in [0.15, 0.2) is 24.3 Å². The number of nitrogens with two attached hydrogens (primary N) is 1. The SMILES string of the molecule is CCC(C)C(NC(=O)C(C)N)C(=O)NC(Cc1ccc(O)cc1)C(=O)NC(CS)C(=O)O. The minimum absolute atomic E-state index is 0.0330. The van der Waals surface area contributed by atoms with Gasteiger partial charge in [-0.3, -0.25) is 14.4 Å². The number of hydrogen-bond acceptors (Lipinski definition) is 7. The minimum Gasteiger partial charge on any atom is -0.508 e. The standard InChI is InChI=1S/C21H32N4O6S/c1-4-11(2)17(25-18(27)12(3)22)20(29)23-15(9-13-5-7-14(26)8-6-13)19(28)24-16(10-32)21(30)31/h5-8,11-12,15-17,26,32H,4,9-10,22H2,1-3H3,(H,23,29)(H,24,28)(H,25,27)(H,30,31). The van der Waals surface area contributed by atoms with E-state index in [1.54, 1.807) is 19.1 Å². The van der Waals surface area contributed by atoms with Crippen LogP contribution < -0.4 is 21.7 Å². The van der Waals surface area contributed by atoms with Crippen LogP contribution in [0, 0.1) is 5.92 Å². The number of phenols is 1. The number of hydrogen-bond donors (Lipinski definition) is 7. The molecule has 0 aliphatic carbocycles. The van der Waals surface area contributed by atoms with Crippen molar-refractivity contribution < 1.29 is 29.4 Å². The molecule has 10 nitrogen and oxygen atoms in total. The molecule has 0 aliphatic rings. The first-order valence-corrected chi connectivity index (χ1v) is 10.9. The predicted octanol–water partition coefficient (Wildman–Crippen LogP) is -0.203. The zero-order chi connectivity index (χ0) is 24.4. The summed E-state index contributed by atoms with van der Waals surface area (Å²) in [5.41, 5.74) is 6.22. The molecule has 7 N–H and O–H groups in total. The highest BCUT2D eigenvalue weighted by atomic mass is 32.1. The number of amides is 3. The van der Waals surface area contributed by atoms with Gasteiger partial charge in [-0.25, -0.2) is 4.79 Å². The van der Waals surface area contributed by atoms with Crippen LogP contribution in [0.4, 0.5) is 0 Å². The van der Waals surface area contributed by atoms with E-state index in [0.717, 1.165) is 0 Å². The van der Waals surface area contributed by atoms with Gasteiger partial charge in [0.05, 0.1) is 6.04 Å². The van der Waals surface area contributed by atoms with Crippen LogP contribution in [0.5, 0.6) is 5.75 Å². The number of phenolic OH excluding ortho intramolecular Hbond substituents is 1. The summed E-state index contributed by atoms with van der Waals surface area (Å²) in [5, 5.41) is 26.3. The van der Waals surface area contributed by atoms with Gasteiger partial charge in [0.1, 0.15) is 23.9 Å². The van der Waals surface area contributed by atoms with E-state index in [1.807, 2.05) is 6.92 Å². The van der Waals surface area contributed by atoms with Gasteiger partial charge in [0.15, 0.2) is 0 Å². The lowest BCUT2D eigenvalue weighted by molar-refractivity contribution is -0.141. The van der Waals surface area contributed by atoms with E-state index in [-0.39, 0.29) is 23.8 Å². The van der Waals surface area contributed by atoms with Crippen LogP contribution in [0.2, 0.25) is 0 Å². The maximum atomic E-state index is 13.0. The average Bonchev–Trinajstić information content (AvgIpc) is 2.75. The minimum atomic E-state index is -1.26. The zero-order valence-corrected chi connectivity index (χ0v) is 19.3. The maximum absolute atomic E-state index is 13.0. The fraction of sp³-hybridized carbons (Fsp3) is 0.524. The zero-order valence-electron chi connectivity index (χ0n) is 18.4. The first-order chi connectivity index (χ1) is 15.0. The van der Waals surface area contributed by atoms with E-state index in [2.05, 4.69) is 28.6 Å². The fourth-order valence-electron chi connectivity index (χ4n) is 2.78. The van der Waals surface area contributed by atoms with Gasteiger partial charge in [-0.2, -0.15) is 12.6 Å². The van der Waals surface area contributed by atoms with Gasteiger partial charge in [0.2, 0.25) is 17.7 Å². The Morgan fingerprint density at radius 3 is 2.00 bits per heavy atom. The Kier molecular flexibility index (Phi) is 11.0. The van der Waals surface area contributed by atoms with Gasteiger partial charge in [-0.15, -0.1) is 0 Å². The molecule has 0 spiro atoms. The number of benzene rings is 1. The summed E-state index contributed by atoms with van der Waals surface area (Å²) in [7, 11) is 0. The lowest BCUT2D eigenvalue weighted by Gasteiger charge is -2.27. The van der Waals surface area contributed by atoms with Crippen LogP contribution in [0.25, 0.3) is 0 Å². The number of carboxylic acids is 1. The molecule has 0 radical (unpaired) electrons. The number of carbonyl (C=O) groups is 4. The second kappa shape index (κ2) is 12.9. The molecule has 5 unspecified atom stereocenters. The van der Waals surface area contributed by atoms with Crippen molar-refractivity contribution in [3.05, 3.63) is 29.8 Å². The smallest absolute Gasteiger partial charge is 0.327 e.